The highest BCUT2D eigenvalue weighted by Crippen LogP contribution is 2.19. The second-order valence-electron chi connectivity index (χ2n) is 4.16. The number of hydrogen-bond acceptors (Lipinski definition) is 1. The van der Waals surface area contributed by atoms with E-state index in [0.29, 0.717) is 21.5 Å². The van der Waals surface area contributed by atoms with Gasteiger partial charge in [0, 0.05) is 21.7 Å². The van der Waals surface area contributed by atoms with E-state index in [0.717, 1.165) is 0 Å². The second kappa shape index (κ2) is 5.55. The van der Waals surface area contributed by atoms with E-state index < -0.39 is 0 Å². The number of rotatable bonds is 3. The van der Waals surface area contributed by atoms with Crippen molar-refractivity contribution in [1.82, 2.24) is 5.32 Å². The number of carbonyl (C=O) groups is 1. The Hall–Kier alpha value is -0.730. The van der Waals surface area contributed by atoms with Crippen LogP contribution in [0.4, 0.5) is 0 Å². The summed E-state index contributed by atoms with van der Waals surface area (Å²) in [7, 11) is 0. The molecule has 1 amide bonds. The molecule has 0 heterocycles. The van der Waals surface area contributed by atoms with E-state index >= 15 is 0 Å². The molecule has 0 aromatic heterocycles. The fraction of sp³-hybridized carbons (Fsp3) is 0.417. The van der Waals surface area contributed by atoms with Gasteiger partial charge in [0.2, 0.25) is 0 Å². The fourth-order valence-corrected chi connectivity index (χ4v) is 1.67. The van der Waals surface area contributed by atoms with Crippen molar-refractivity contribution < 1.29 is 4.79 Å². The molecule has 1 unspecified atom stereocenters. The van der Waals surface area contributed by atoms with Gasteiger partial charge in [0.05, 0.1) is 0 Å². The Morgan fingerprint density at radius 1 is 1.12 bits per heavy atom. The number of carbonyl (C=O) groups excluding carboxylic acids is 1. The monoisotopic (exact) mass is 259 g/mol. The molecule has 0 saturated heterocycles. The first kappa shape index (κ1) is 13.3. The Morgan fingerprint density at radius 3 is 2.06 bits per heavy atom. The molecule has 1 rings (SSSR count). The van der Waals surface area contributed by atoms with Gasteiger partial charge in [0.25, 0.3) is 5.91 Å². The van der Waals surface area contributed by atoms with Gasteiger partial charge in [-0.2, -0.15) is 0 Å². The first-order valence-electron chi connectivity index (χ1n) is 5.17. The molecule has 1 atom stereocenters. The number of halogens is 2. The van der Waals surface area contributed by atoms with Crippen molar-refractivity contribution in [2.24, 2.45) is 5.92 Å². The van der Waals surface area contributed by atoms with E-state index in [2.05, 4.69) is 19.2 Å². The minimum atomic E-state index is -0.148. The summed E-state index contributed by atoms with van der Waals surface area (Å²) >= 11 is 11.7. The van der Waals surface area contributed by atoms with Gasteiger partial charge in [0.1, 0.15) is 0 Å². The Balaban J connectivity index is 2.80. The van der Waals surface area contributed by atoms with Crippen molar-refractivity contribution in [2.75, 3.05) is 0 Å². The summed E-state index contributed by atoms with van der Waals surface area (Å²) in [4.78, 5) is 11.8. The molecule has 1 aromatic rings. The van der Waals surface area contributed by atoms with Crippen molar-refractivity contribution in [3.05, 3.63) is 33.8 Å². The predicted molar refractivity (Wildman–Crippen MR) is 68.2 cm³/mol. The second-order valence-corrected chi connectivity index (χ2v) is 5.04. The van der Waals surface area contributed by atoms with E-state index in [1.807, 2.05) is 6.92 Å². The lowest BCUT2D eigenvalue weighted by molar-refractivity contribution is 0.0930. The quantitative estimate of drug-likeness (QED) is 0.880. The molecule has 88 valence electrons. The molecule has 16 heavy (non-hydrogen) atoms. The van der Waals surface area contributed by atoms with Gasteiger partial charge in [-0.25, -0.2) is 0 Å². The van der Waals surface area contributed by atoms with Crippen LogP contribution < -0.4 is 5.32 Å². The third-order valence-electron chi connectivity index (χ3n) is 2.48. The van der Waals surface area contributed by atoms with Gasteiger partial charge in [-0.1, -0.05) is 37.0 Å². The maximum Gasteiger partial charge on any atom is 0.251 e. The summed E-state index contributed by atoms with van der Waals surface area (Å²) in [6, 6.07) is 4.93. The molecule has 0 radical (unpaired) electrons. The molecule has 4 heteroatoms. The Bertz CT molecular complexity index is 370. The standard InChI is InChI=1S/C12H15Cl2NO/c1-7(2)8(3)15-12(16)9-4-10(13)6-11(14)5-9/h4-8H,1-3H3,(H,15,16). The van der Waals surface area contributed by atoms with Crippen LogP contribution in [0.1, 0.15) is 31.1 Å². The Labute approximate surface area is 106 Å². The van der Waals surface area contributed by atoms with Crippen LogP contribution in [0, 0.1) is 5.92 Å². The molecule has 0 aliphatic rings. The van der Waals surface area contributed by atoms with Gasteiger partial charge < -0.3 is 5.32 Å². The molecule has 0 spiro atoms. The summed E-state index contributed by atoms with van der Waals surface area (Å²) in [6.07, 6.45) is 0. The minimum Gasteiger partial charge on any atom is -0.349 e. The third-order valence-corrected chi connectivity index (χ3v) is 2.92. The van der Waals surface area contributed by atoms with Crippen LogP contribution in [-0.4, -0.2) is 11.9 Å². The molecule has 0 aliphatic carbocycles. The number of hydrogen-bond donors (Lipinski definition) is 1. The van der Waals surface area contributed by atoms with Crippen molar-refractivity contribution >= 4 is 29.1 Å². The number of amides is 1. The van der Waals surface area contributed by atoms with E-state index in [-0.39, 0.29) is 11.9 Å². The molecule has 0 saturated carbocycles. The molecule has 0 fully saturated rings. The van der Waals surface area contributed by atoms with Gasteiger partial charge in [-0.15, -0.1) is 0 Å². The average Bonchev–Trinajstić information content (AvgIpc) is 2.15. The summed E-state index contributed by atoms with van der Waals surface area (Å²) in [5.74, 6) is 0.240. The van der Waals surface area contributed by atoms with Crippen LogP contribution in [0.2, 0.25) is 10.0 Å². The maximum absolute atomic E-state index is 11.8. The van der Waals surface area contributed by atoms with Gasteiger partial charge in [-0.3, -0.25) is 4.79 Å². The number of nitrogens with one attached hydrogen (secondary N) is 1. The molecule has 0 aliphatic heterocycles. The lowest BCUT2D eigenvalue weighted by Gasteiger charge is -2.17. The van der Waals surface area contributed by atoms with Crippen LogP contribution in [0.25, 0.3) is 0 Å². The van der Waals surface area contributed by atoms with Gasteiger partial charge in [-0.05, 0) is 31.0 Å². The Kier molecular flexibility index (Phi) is 4.63. The van der Waals surface area contributed by atoms with Crippen LogP contribution in [0.3, 0.4) is 0 Å². The first-order valence-corrected chi connectivity index (χ1v) is 5.92. The smallest absolute Gasteiger partial charge is 0.251 e. The lowest BCUT2D eigenvalue weighted by Crippen LogP contribution is -2.36. The maximum atomic E-state index is 11.8. The number of benzene rings is 1. The van der Waals surface area contributed by atoms with E-state index in [4.69, 9.17) is 23.2 Å². The molecule has 2 nitrogen and oxygen atoms in total. The highest BCUT2D eigenvalue weighted by Gasteiger charge is 2.13. The highest BCUT2D eigenvalue weighted by molar-refractivity contribution is 6.35. The van der Waals surface area contributed by atoms with Crippen molar-refractivity contribution in [3.63, 3.8) is 0 Å². The topological polar surface area (TPSA) is 29.1 Å². The van der Waals surface area contributed by atoms with Crippen LogP contribution in [-0.2, 0) is 0 Å². The van der Waals surface area contributed by atoms with Crippen LogP contribution in [0.5, 0.6) is 0 Å². The molecular weight excluding hydrogens is 245 g/mol. The normalized spacial score (nSPS) is 12.6. The average molecular weight is 260 g/mol. The van der Waals surface area contributed by atoms with Crippen molar-refractivity contribution in [2.45, 2.75) is 26.8 Å². The van der Waals surface area contributed by atoms with E-state index in [1.165, 1.54) is 0 Å². The molecule has 1 aromatic carbocycles. The fourth-order valence-electron chi connectivity index (χ4n) is 1.14. The van der Waals surface area contributed by atoms with Crippen LogP contribution in [0.15, 0.2) is 18.2 Å². The zero-order chi connectivity index (χ0) is 12.3. The van der Waals surface area contributed by atoms with Crippen molar-refractivity contribution in [1.29, 1.82) is 0 Å². The Morgan fingerprint density at radius 2 is 1.62 bits per heavy atom. The summed E-state index contributed by atoms with van der Waals surface area (Å²) in [5.41, 5.74) is 0.491. The van der Waals surface area contributed by atoms with Gasteiger partial charge in [0.15, 0.2) is 0 Å². The largest absolute Gasteiger partial charge is 0.349 e. The molecule has 1 N–H and O–H groups in total. The zero-order valence-electron chi connectivity index (χ0n) is 9.55. The van der Waals surface area contributed by atoms with Crippen LogP contribution >= 0.6 is 23.2 Å². The molecule has 0 bridgehead atoms. The summed E-state index contributed by atoms with van der Waals surface area (Å²) < 4.78 is 0. The van der Waals surface area contributed by atoms with Crippen molar-refractivity contribution in [3.8, 4) is 0 Å². The highest BCUT2D eigenvalue weighted by atomic mass is 35.5. The summed E-state index contributed by atoms with van der Waals surface area (Å²) in [6.45, 7) is 6.07. The third kappa shape index (κ3) is 3.69. The van der Waals surface area contributed by atoms with E-state index in [1.54, 1.807) is 18.2 Å². The SMILES string of the molecule is CC(C)C(C)NC(=O)c1cc(Cl)cc(Cl)c1. The first-order chi connectivity index (χ1) is 7.40. The zero-order valence-corrected chi connectivity index (χ0v) is 11.1. The van der Waals surface area contributed by atoms with Gasteiger partial charge >= 0.3 is 0 Å². The molecular formula is C12H15Cl2NO. The minimum absolute atomic E-state index is 0.116. The van der Waals surface area contributed by atoms with E-state index in [9.17, 15) is 4.79 Å². The lowest BCUT2D eigenvalue weighted by atomic mass is 10.1. The summed E-state index contributed by atoms with van der Waals surface area (Å²) in [5, 5.41) is 3.83. The predicted octanol–water partition coefficient (Wildman–Crippen LogP) is 3.77.